The van der Waals surface area contributed by atoms with Crippen LogP contribution in [0.2, 0.25) is 0 Å². The molecule has 0 aromatic rings. The number of hydrogen-bond acceptors (Lipinski definition) is 2. The van der Waals surface area contributed by atoms with E-state index in [4.69, 9.17) is 0 Å². The molecule has 3 rings (SSSR count). The van der Waals surface area contributed by atoms with E-state index in [9.17, 15) is 4.79 Å². The Hall–Kier alpha value is -0.570. The normalized spacial score (nSPS) is 36.5. The molecule has 0 radical (unpaired) electrons. The van der Waals surface area contributed by atoms with Gasteiger partial charge in [0.1, 0.15) is 0 Å². The zero-order valence-corrected chi connectivity index (χ0v) is 12.0. The minimum absolute atomic E-state index is 0.0845. The van der Waals surface area contributed by atoms with Crippen molar-refractivity contribution < 1.29 is 4.79 Å². The highest BCUT2D eigenvalue weighted by Crippen LogP contribution is 2.32. The molecular formula is C16H28N2O. The molecule has 0 spiro atoms. The van der Waals surface area contributed by atoms with E-state index in [1.807, 2.05) is 0 Å². The molecule has 3 unspecified atom stereocenters. The van der Waals surface area contributed by atoms with Crippen LogP contribution >= 0.6 is 0 Å². The van der Waals surface area contributed by atoms with Gasteiger partial charge in [-0.05, 0) is 44.4 Å². The lowest BCUT2D eigenvalue weighted by Crippen LogP contribution is -2.56. The Kier molecular flexibility index (Phi) is 4.42. The molecule has 2 aliphatic carbocycles. The number of amides is 1. The second kappa shape index (κ2) is 6.25. The summed E-state index contributed by atoms with van der Waals surface area (Å²) in [7, 11) is 0. The fourth-order valence-electron chi connectivity index (χ4n) is 4.25. The molecule has 1 saturated heterocycles. The van der Waals surface area contributed by atoms with Crippen LogP contribution in [-0.2, 0) is 4.79 Å². The van der Waals surface area contributed by atoms with Gasteiger partial charge in [0.25, 0.3) is 0 Å². The molecule has 0 aromatic heterocycles. The quantitative estimate of drug-likeness (QED) is 0.805. The van der Waals surface area contributed by atoms with Crippen LogP contribution in [0.4, 0.5) is 0 Å². The average molecular weight is 264 g/mol. The van der Waals surface area contributed by atoms with Crippen LogP contribution in [0, 0.1) is 5.92 Å². The monoisotopic (exact) mass is 264 g/mol. The SMILES string of the molecule is O=C(NC1CCCCC1)C1CCC2CCCCC2N1. The van der Waals surface area contributed by atoms with Gasteiger partial charge in [-0.25, -0.2) is 0 Å². The highest BCUT2D eigenvalue weighted by atomic mass is 16.2. The standard InChI is InChI=1S/C16H28N2O/c19-16(17-13-7-2-1-3-8-13)15-11-10-12-6-4-5-9-14(12)18-15/h12-15,18H,1-11H2,(H,17,19). The van der Waals surface area contributed by atoms with Gasteiger partial charge in [0.05, 0.1) is 6.04 Å². The van der Waals surface area contributed by atoms with Gasteiger partial charge in [-0.3, -0.25) is 4.79 Å². The summed E-state index contributed by atoms with van der Waals surface area (Å²) in [4.78, 5) is 12.4. The maximum Gasteiger partial charge on any atom is 0.237 e. The average Bonchev–Trinajstić information content (AvgIpc) is 2.48. The topological polar surface area (TPSA) is 41.1 Å². The summed E-state index contributed by atoms with van der Waals surface area (Å²) in [6, 6.07) is 1.15. The number of carbonyl (C=O) groups is 1. The highest BCUT2D eigenvalue weighted by molar-refractivity contribution is 5.82. The van der Waals surface area contributed by atoms with Crippen LogP contribution in [-0.4, -0.2) is 24.0 Å². The van der Waals surface area contributed by atoms with Gasteiger partial charge in [-0.15, -0.1) is 0 Å². The maximum atomic E-state index is 12.4. The number of nitrogens with one attached hydrogen (secondary N) is 2. The minimum atomic E-state index is 0.0845. The number of hydrogen-bond donors (Lipinski definition) is 2. The van der Waals surface area contributed by atoms with Crippen LogP contribution in [0.1, 0.15) is 70.6 Å². The van der Waals surface area contributed by atoms with E-state index >= 15 is 0 Å². The third-order valence-corrected chi connectivity index (χ3v) is 5.42. The lowest BCUT2D eigenvalue weighted by atomic mass is 9.77. The van der Waals surface area contributed by atoms with Crippen LogP contribution in [0.25, 0.3) is 0 Å². The molecule has 1 heterocycles. The van der Waals surface area contributed by atoms with Gasteiger partial charge in [0.15, 0.2) is 0 Å². The van der Waals surface area contributed by atoms with Crippen molar-refractivity contribution in [1.29, 1.82) is 0 Å². The van der Waals surface area contributed by atoms with Crippen molar-refractivity contribution in [1.82, 2.24) is 10.6 Å². The Labute approximate surface area is 116 Å². The van der Waals surface area contributed by atoms with E-state index in [2.05, 4.69) is 10.6 Å². The number of fused-ring (bicyclic) bond motifs is 1. The first-order valence-corrected chi connectivity index (χ1v) is 8.39. The van der Waals surface area contributed by atoms with E-state index < -0.39 is 0 Å². The summed E-state index contributed by atoms with van der Waals surface area (Å²) in [5.74, 6) is 1.11. The summed E-state index contributed by atoms with van der Waals surface area (Å²) in [6.07, 6.45) is 14.0. The first kappa shape index (κ1) is 13.4. The summed E-state index contributed by atoms with van der Waals surface area (Å²) >= 11 is 0. The summed E-state index contributed by atoms with van der Waals surface area (Å²) in [5, 5.41) is 6.92. The van der Waals surface area contributed by atoms with Crippen LogP contribution in [0.15, 0.2) is 0 Å². The van der Waals surface area contributed by atoms with Crippen molar-refractivity contribution in [3.63, 3.8) is 0 Å². The molecule has 2 saturated carbocycles. The molecule has 19 heavy (non-hydrogen) atoms. The van der Waals surface area contributed by atoms with E-state index in [0.717, 1.165) is 12.3 Å². The Morgan fingerprint density at radius 1 is 0.842 bits per heavy atom. The summed E-state index contributed by atoms with van der Waals surface area (Å²) < 4.78 is 0. The van der Waals surface area contributed by atoms with Gasteiger partial charge >= 0.3 is 0 Å². The molecule has 3 atom stereocenters. The van der Waals surface area contributed by atoms with E-state index in [1.54, 1.807) is 0 Å². The number of rotatable bonds is 2. The maximum absolute atomic E-state index is 12.4. The van der Waals surface area contributed by atoms with Crippen molar-refractivity contribution in [3.05, 3.63) is 0 Å². The smallest absolute Gasteiger partial charge is 0.237 e. The lowest BCUT2D eigenvalue weighted by Gasteiger charge is -2.40. The first-order chi connectivity index (χ1) is 9.33. The molecule has 108 valence electrons. The molecule has 3 nitrogen and oxygen atoms in total. The second-order valence-corrected chi connectivity index (χ2v) is 6.79. The van der Waals surface area contributed by atoms with Crippen molar-refractivity contribution in [2.75, 3.05) is 0 Å². The number of piperidine rings is 1. The largest absolute Gasteiger partial charge is 0.352 e. The zero-order valence-electron chi connectivity index (χ0n) is 12.0. The van der Waals surface area contributed by atoms with Crippen molar-refractivity contribution in [2.24, 2.45) is 5.92 Å². The predicted molar refractivity (Wildman–Crippen MR) is 76.9 cm³/mol. The van der Waals surface area contributed by atoms with Crippen molar-refractivity contribution in [3.8, 4) is 0 Å². The van der Waals surface area contributed by atoms with Crippen LogP contribution in [0.3, 0.4) is 0 Å². The van der Waals surface area contributed by atoms with Gasteiger partial charge in [0.2, 0.25) is 5.91 Å². The molecule has 0 aromatic carbocycles. The van der Waals surface area contributed by atoms with Crippen LogP contribution in [0.5, 0.6) is 0 Å². The Balaban J connectivity index is 1.49. The van der Waals surface area contributed by atoms with Crippen LogP contribution < -0.4 is 10.6 Å². The molecule has 3 fully saturated rings. The summed E-state index contributed by atoms with van der Waals surface area (Å²) in [6.45, 7) is 0. The third-order valence-electron chi connectivity index (χ3n) is 5.42. The molecule has 3 aliphatic rings. The third kappa shape index (κ3) is 3.31. The van der Waals surface area contributed by atoms with Gasteiger partial charge in [-0.2, -0.15) is 0 Å². The Bertz CT molecular complexity index is 312. The Morgan fingerprint density at radius 3 is 2.42 bits per heavy atom. The minimum Gasteiger partial charge on any atom is -0.352 e. The molecule has 0 bridgehead atoms. The molecule has 2 N–H and O–H groups in total. The van der Waals surface area contributed by atoms with Gasteiger partial charge < -0.3 is 10.6 Å². The first-order valence-electron chi connectivity index (χ1n) is 8.39. The van der Waals surface area contributed by atoms with E-state index in [1.165, 1.54) is 64.2 Å². The number of carbonyl (C=O) groups excluding carboxylic acids is 1. The molecule has 3 heteroatoms. The lowest BCUT2D eigenvalue weighted by molar-refractivity contribution is -0.125. The van der Waals surface area contributed by atoms with E-state index in [-0.39, 0.29) is 11.9 Å². The Morgan fingerprint density at radius 2 is 1.58 bits per heavy atom. The van der Waals surface area contributed by atoms with Crippen molar-refractivity contribution in [2.45, 2.75) is 88.8 Å². The van der Waals surface area contributed by atoms with Gasteiger partial charge in [0, 0.05) is 12.1 Å². The molecular weight excluding hydrogens is 236 g/mol. The predicted octanol–water partition coefficient (Wildman–Crippen LogP) is 2.75. The molecule has 1 aliphatic heterocycles. The summed E-state index contributed by atoms with van der Waals surface area (Å²) in [5.41, 5.74) is 0. The van der Waals surface area contributed by atoms with Crippen molar-refractivity contribution >= 4 is 5.91 Å². The second-order valence-electron chi connectivity index (χ2n) is 6.79. The fraction of sp³-hybridized carbons (Fsp3) is 0.938. The van der Waals surface area contributed by atoms with Gasteiger partial charge in [-0.1, -0.05) is 32.1 Å². The highest BCUT2D eigenvalue weighted by Gasteiger charge is 2.34. The molecule has 1 amide bonds. The fourth-order valence-corrected chi connectivity index (χ4v) is 4.25. The zero-order chi connectivity index (χ0) is 13.1. The van der Waals surface area contributed by atoms with E-state index in [0.29, 0.717) is 12.1 Å².